The summed E-state index contributed by atoms with van der Waals surface area (Å²) in [7, 11) is 6.41. The van der Waals surface area contributed by atoms with Crippen molar-refractivity contribution in [2.75, 3.05) is 45.7 Å². The smallest absolute Gasteiger partial charge is 0.412 e. The molecule has 1 amide bonds. The predicted molar refractivity (Wildman–Crippen MR) is 273 cm³/mol. The fraction of sp³-hybridized carbons (Fsp3) is 0.190. The first kappa shape index (κ1) is 48.6. The second-order valence-corrected chi connectivity index (χ2v) is 16.9. The van der Waals surface area contributed by atoms with Crippen molar-refractivity contribution in [2.24, 2.45) is 0 Å². The minimum Gasteiger partial charge on any atom is -0.497 e. The van der Waals surface area contributed by atoms with E-state index < -0.39 is 47.5 Å². The summed E-state index contributed by atoms with van der Waals surface area (Å²) < 4.78 is 43.1. The highest BCUT2D eigenvalue weighted by Crippen LogP contribution is 2.44. The van der Waals surface area contributed by atoms with Gasteiger partial charge in [0.15, 0.2) is 12.3 Å². The number of ether oxygens (including phenoxy) is 7. The van der Waals surface area contributed by atoms with E-state index in [1.165, 1.54) is 10.8 Å². The molecule has 0 spiro atoms. The van der Waals surface area contributed by atoms with Crippen molar-refractivity contribution in [1.82, 2.24) is 9.55 Å². The molecule has 8 aromatic rings. The lowest BCUT2D eigenvalue weighted by atomic mass is 9.77. The number of para-hydroxylation sites is 1. The van der Waals surface area contributed by atoms with Crippen LogP contribution in [-0.2, 0) is 25.4 Å². The molecule has 1 aliphatic rings. The number of hydrogen-bond donors (Lipinski definition) is 3. The molecule has 0 unspecified atom stereocenters. The number of aliphatic hydroxyl groups excluding tert-OH is 1. The zero-order chi connectivity index (χ0) is 50.1. The molecule has 72 heavy (non-hydrogen) atoms. The van der Waals surface area contributed by atoms with Gasteiger partial charge in [-0.1, -0.05) is 127 Å². The summed E-state index contributed by atoms with van der Waals surface area (Å²) in [6.45, 7) is -0.240. The van der Waals surface area contributed by atoms with Crippen molar-refractivity contribution < 1.29 is 43.1 Å². The van der Waals surface area contributed by atoms with Crippen molar-refractivity contribution in [1.29, 1.82) is 0 Å². The summed E-state index contributed by atoms with van der Waals surface area (Å²) >= 11 is 0. The van der Waals surface area contributed by atoms with E-state index in [-0.39, 0.29) is 12.4 Å². The second kappa shape index (κ2) is 21.7. The summed E-state index contributed by atoms with van der Waals surface area (Å²) in [4.78, 5) is 32.9. The maximum Gasteiger partial charge on any atom is 0.412 e. The molecule has 4 atom stereocenters. The van der Waals surface area contributed by atoms with Gasteiger partial charge in [-0.15, -0.1) is 0 Å². The maximum absolute atomic E-state index is 14.6. The van der Waals surface area contributed by atoms with E-state index in [1.54, 1.807) is 58.8 Å². The molecule has 0 saturated carbocycles. The van der Waals surface area contributed by atoms with E-state index in [0.717, 1.165) is 33.4 Å². The lowest BCUT2D eigenvalue weighted by molar-refractivity contribution is -0.0958. The Balaban J connectivity index is 1.10. The Morgan fingerprint density at radius 1 is 0.583 bits per heavy atom. The van der Waals surface area contributed by atoms with Crippen LogP contribution in [0, 0.1) is 0 Å². The normalized spacial score (nSPS) is 16.6. The van der Waals surface area contributed by atoms with E-state index in [2.05, 4.69) is 15.6 Å². The molecule has 1 fully saturated rings. The number of amides is 1. The second-order valence-electron chi connectivity index (χ2n) is 16.9. The first-order chi connectivity index (χ1) is 35.2. The molecule has 366 valence electrons. The number of rotatable bonds is 18. The van der Waals surface area contributed by atoms with E-state index >= 15 is 0 Å². The Kier molecular flexibility index (Phi) is 14.6. The molecule has 1 saturated heterocycles. The molecule has 1 aliphatic heterocycles. The van der Waals surface area contributed by atoms with Gasteiger partial charge >= 0.3 is 11.8 Å². The molecular weight excluding hydrogens is 913 g/mol. The van der Waals surface area contributed by atoms with Gasteiger partial charge in [-0.3, -0.25) is 9.88 Å². The summed E-state index contributed by atoms with van der Waals surface area (Å²) in [5, 5.41) is 18.6. The van der Waals surface area contributed by atoms with Crippen molar-refractivity contribution in [3.63, 3.8) is 0 Å². The topological polar surface area (TPSA) is 161 Å². The van der Waals surface area contributed by atoms with Crippen LogP contribution in [-0.4, -0.2) is 74.1 Å². The zero-order valence-electron chi connectivity index (χ0n) is 40.1. The van der Waals surface area contributed by atoms with Gasteiger partial charge in [-0.05, 0) is 100 Å². The Hall–Kier alpha value is -8.43. The van der Waals surface area contributed by atoms with Crippen molar-refractivity contribution >= 4 is 17.6 Å². The van der Waals surface area contributed by atoms with Crippen LogP contribution in [0.15, 0.2) is 205 Å². The number of aromatic nitrogens is 2. The average Bonchev–Trinajstić information content (AvgIpc) is 3.74. The lowest BCUT2D eigenvalue weighted by Gasteiger charge is -2.37. The monoisotopic (exact) mass is 966 g/mol. The van der Waals surface area contributed by atoms with Crippen molar-refractivity contribution in [2.45, 2.75) is 35.7 Å². The quantitative estimate of drug-likeness (QED) is 0.0700. The molecule has 1 aromatic heterocycles. The number of nitrogens with zero attached hydrogens (tertiary/aromatic N) is 2. The van der Waals surface area contributed by atoms with Gasteiger partial charge in [0.25, 0.3) is 0 Å². The minimum atomic E-state index is -1.50. The van der Waals surface area contributed by atoms with Crippen LogP contribution in [0.4, 0.5) is 16.3 Å². The van der Waals surface area contributed by atoms with E-state index in [1.807, 2.05) is 164 Å². The van der Waals surface area contributed by atoms with E-state index in [9.17, 15) is 14.7 Å². The van der Waals surface area contributed by atoms with E-state index in [0.29, 0.717) is 28.7 Å². The Morgan fingerprint density at radius 3 is 1.46 bits per heavy atom. The molecular formula is C58H54N4O10. The Labute approximate surface area is 417 Å². The van der Waals surface area contributed by atoms with Gasteiger partial charge in [0.1, 0.15) is 52.2 Å². The van der Waals surface area contributed by atoms with E-state index in [4.69, 9.17) is 33.2 Å². The SMILES string of the molecule is COc1ccc(C(Nc2ccn([C@@H]3O[C@H](COC(c4ccccc4)(c4ccc(OC)cc4)c4ccc(OC)cc4)[C@@H](O)[C@H]3OC(=O)Nc3ccccc3)c(=O)n2)(c2ccccc2)c2ccc(OC)cc2)cc1. The fourth-order valence-electron chi connectivity index (χ4n) is 9.24. The lowest BCUT2D eigenvalue weighted by Crippen LogP contribution is -2.42. The number of hydrogen-bond acceptors (Lipinski definition) is 12. The molecule has 7 aromatic carbocycles. The summed E-state index contributed by atoms with van der Waals surface area (Å²) in [6, 6.07) is 60.3. The first-order valence-corrected chi connectivity index (χ1v) is 23.3. The molecule has 0 radical (unpaired) electrons. The number of carbonyl (C=O) groups is 1. The highest BCUT2D eigenvalue weighted by Gasteiger charge is 2.50. The van der Waals surface area contributed by atoms with Crippen molar-refractivity contribution in [3.8, 4) is 23.0 Å². The standard InChI is InChI=1S/C58H54N4O10/c1-66-46-28-20-40(21-29-46)57(39-14-8-5-9-15-39,41-22-30-47(67-2)31-23-41)61-51-36-37-62(55(64)60-51)54-53(72-56(65)59-45-18-12-7-13-19-45)52(63)50(71-54)38-70-58(42-16-10-6-11-17-42,43-24-32-48(68-3)33-25-43)44-26-34-49(69-4)35-27-44/h5-37,50,52-54,63H,38H2,1-4H3,(H,59,65)(H,60,61,64)/t50-,52-,53-,54-/m1/s1. The van der Waals surface area contributed by atoms with Crippen LogP contribution in [0.3, 0.4) is 0 Å². The van der Waals surface area contributed by atoms with Crippen LogP contribution in [0.2, 0.25) is 0 Å². The van der Waals surface area contributed by atoms with Crippen LogP contribution in [0.5, 0.6) is 23.0 Å². The maximum atomic E-state index is 14.6. The zero-order valence-corrected chi connectivity index (χ0v) is 40.1. The Bertz CT molecular complexity index is 2990. The molecule has 14 nitrogen and oxygen atoms in total. The third-order valence-electron chi connectivity index (χ3n) is 12.9. The highest BCUT2D eigenvalue weighted by molar-refractivity contribution is 5.84. The third-order valence-corrected chi connectivity index (χ3v) is 12.9. The molecule has 9 rings (SSSR count). The Morgan fingerprint density at radius 2 is 1.00 bits per heavy atom. The van der Waals surface area contributed by atoms with Crippen LogP contribution in [0.25, 0.3) is 0 Å². The molecule has 14 heteroatoms. The van der Waals surface area contributed by atoms with Crippen LogP contribution < -0.4 is 35.3 Å². The van der Waals surface area contributed by atoms with Gasteiger partial charge < -0.3 is 43.6 Å². The number of anilines is 2. The third kappa shape index (κ3) is 9.83. The first-order valence-electron chi connectivity index (χ1n) is 23.3. The van der Waals surface area contributed by atoms with Gasteiger partial charge in [-0.2, -0.15) is 4.98 Å². The molecule has 0 aliphatic carbocycles. The largest absolute Gasteiger partial charge is 0.497 e. The number of aliphatic hydroxyl groups is 1. The van der Waals surface area contributed by atoms with Crippen LogP contribution >= 0.6 is 0 Å². The van der Waals surface area contributed by atoms with Gasteiger partial charge in [0.05, 0.1) is 35.0 Å². The number of carbonyl (C=O) groups excluding carboxylic acids is 1. The van der Waals surface area contributed by atoms with Gasteiger partial charge in [0.2, 0.25) is 0 Å². The number of nitrogens with one attached hydrogen (secondary N) is 2. The predicted octanol–water partition coefficient (Wildman–Crippen LogP) is 9.57. The number of benzene rings is 7. The number of methoxy groups -OCH3 is 4. The molecule has 2 heterocycles. The average molecular weight is 967 g/mol. The van der Waals surface area contributed by atoms with Crippen molar-refractivity contribution in [3.05, 3.63) is 244 Å². The summed E-state index contributed by atoms with van der Waals surface area (Å²) in [5.74, 6) is 2.85. The molecule has 0 bridgehead atoms. The van der Waals surface area contributed by atoms with Gasteiger partial charge in [0, 0.05) is 11.9 Å². The van der Waals surface area contributed by atoms with Crippen LogP contribution in [0.1, 0.15) is 39.6 Å². The fourth-order valence-corrected chi connectivity index (χ4v) is 9.24. The molecule has 3 N–H and O–H groups in total. The summed E-state index contributed by atoms with van der Waals surface area (Å²) in [5.41, 5.74) is 2.09. The highest BCUT2D eigenvalue weighted by atomic mass is 16.6. The minimum absolute atomic E-state index is 0.219. The summed E-state index contributed by atoms with van der Waals surface area (Å²) in [6.07, 6.45) is -4.80. The van der Waals surface area contributed by atoms with Gasteiger partial charge in [-0.25, -0.2) is 9.59 Å².